The number of aliphatic hydroxyl groups excluding tert-OH is 1. The number of ether oxygens (including phenoxy) is 4. The predicted molar refractivity (Wildman–Crippen MR) is 150 cm³/mol. The lowest BCUT2D eigenvalue weighted by atomic mass is 9.74. The molecule has 3 rings (SSSR count). The smallest absolute Gasteiger partial charge is 0.338 e. The van der Waals surface area contributed by atoms with Gasteiger partial charge in [0.05, 0.1) is 37.6 Å². The minimum atomic E-state index is -2.24. The molecule has 9 heteroatoms. The highest BCUT2D eigenvalue weighted by Crippen LogP contribution is 2.46. The van der Waals surface area contributed by atoms with Gasteiger partial charge < -0.3 is 29.2 Å². The Bertz CT molecular complexity index is 1220. The number of allylic oxidation sites excluding steroid dienone is 1. The normalized spacial score (nSPS) is 23.6. The van der Waals surface area contributed by atoms with E-state index in [1.165, 1.54) is 19.3 Å². The standard InChI is InChI=1S/C32H38O9/c1-22(39-21-23-12-7-5-8-13-23)27(34)20-26-18-25(19-28(35)38-4)29(40-30(36)24-14-9-6-10-15-24)32(37,41-26)31(2,3)16-11-17-33/h5-17,19,22,26-27,29,34,37H,18,20-21H2,1-4H3/b16-11+,25-19+/t22-,26+,27-,29+,32-/m1/s1. The van der Waals surface area contributed by atoms with Crippen LogP contribution in [0.25, 0.3) is 0 Å². The van der Waals surface area contributed by atoms with Gasteiger partial charge in [0.1, 0.15) is 6.29 Å². The van der Waals surface area contributed by atoms with Crippen LogP contribution in [0, 0.1) is 5.41 Å². The van der Waals surface area contributed by atoms with Gasteiger partial charge in [-0.25, -0.2) is 9.59 Å². The van der Waals surface area contributed by atoms with Gasteiger partial charge in [-0.05, 0) is 42.7 Å². The van der Waals surface area contributed by atoms with Gasteiger partial charge in [0.25, 0.3) is 0 Å². The highest BCUT2D eigenvalue weighted by molar-refractivity contribution is 5.90. The van der Waals surface area contributed by atoms with Gasteiger partial charge in [-0.1, -0.05) is 68.5 Å². The maximum absolute atomic E-state index is 13.1. The van der Waals surface area contributed by atoms with Crippen LogP contribution < -0.4 is 0 Å². The van der Waals surface area contributed by atoms with E-state index in [1.54, 1.807) is 51.1 Å². The fourth-order valence-corrected chi connectivity index (χ4v) is 4.62. The SMILES string of the molecule is COC(=O)/C=C1\C[C@@H](C[C@@H](O)[C@@H](C)OCc2ccccc2)O[C@@](O)(C(C)(C)/C=C/C=O)[C@H]1OC(=O)c1ccccc1. The molecule has 1 aliphatic heterocycles. The molecular weight excluding hydrogens is 528 g/mol. The molecule has 1 fully saturated rings. The molecule has 0 aromatic heterocycles. The van der Waals surface area contributed by atoms with E-state index in [2.05, 4.69) is 0 Å². The summed E-state index contributed by atoms with van der Waals surface area (Å²) in [4.78, 5) is 36.7. The largest absolute Gasteiger partial charge is 0.466 e. The van der Waals surface area contributed by atoms with E-state index in [1.807, 2.05) is 30.3 Å². The summed E-state index contributed by atoms with van der Waals surface area (Å²) in [6.07, 6.45) is 0.583. The molecule has 2 aromatic carbocycles. The van der Waals surface area contributed by atoms with E-state index in [0.717, 1.165) is 11.6 Å². The average molecular weight is 567 g/mol. The zero-order valence-electron chi connectivity index (χ0n) is 23.8. The Morgan fingerprint density at radius 1 is 1.12 bits per heavy atom. The van der Waals surface area contributed by atoms with Crippen molar-refractivity contribution < 1.29 is 43.5 Å². The summed E-state index contributed by atoms with van der Waals surface area (Å²) < 4.78 is 22.7. The van der Waals surface area contributed by atoms with Crippen molar-refractivity contribution in [2.45, 2.75) is 70.4 Å². The molecule has 5 atom stereocenters. The maximum Gasteiger partial charge on any atom is 0.338 e. The van der Waals surface area contributed by atoms with Gasteiger partial charge in [0, 0.05) is 17.9 Å². The minimum Gasteiger partial charge on any atom is -0.466 e. The summed E-state index contributed by atoms with van der Waals surface area (Å²) >= 11 is 0. The Hall–Kier alpha value is -3.63. The van der Waals surface area contributed by atoms with Crippen molar-refractivity contribution in [3.63, 3.8) is 0 Å². The number of aliphatic hydroxyl groups is 2. The molecule has 1 saturated heterocycles. The lowest BCUT2D eigenvalue weighted by molar-refractivity contribution is -0.324. The highest BCUT2D eigenvalue weighted by Gasteiger charge is 2.57. The van der Waals surface area contributed by atoms with Crippen LogP contribution in [-0.2, 0) is 35.1 Å². The Kier molecular flexibility index (Phi) is 11.1. The van der Waals surface area contributed by atoms with Crippen LogP contribution >= 0.6 is 0 Å². The summed E-state index contributed by atoms with van der Waals surface area (Å²) in [5.74, 6) is -3.71. The molecule has 0 amide bonds. The van der Waals surface area contributed by atoms with Crippen molar-refractivity contribution in [2.24, 2.45) is 5.41 Å². The van der Waals surface area contributed by atoms with Gasteiger partial charge >= 0.3 is 11.9 Å². The number of carbonyl (C=O) groups excluding carboxylic acids is 3. The maximum atomic E-state index is 13.1. The molecule has 2 N–H and O–H groups in total. The fourth-order valence-electron chi connectivity index (χ4n) is 4.62. The van der Waals surface area contributed by atoms with E-state index in [9.17, 15) is 24.6 Å². The molecule has 0 bridgehead atoms. The number of hydrogen-bond acceptors (Lipinski definition) is 9. The first kappa shape index (κ1) is 31.9. The van der Waals surface area contributed by atoms with Crippen molar-refractivity contribution in [3.8, 4) is 0 Å². The third kappa shape index (κ3) is 8.20. The molecule has 0 spiro atoms. The Morgan fingerprint density at radius 3 is 2.37 bits per heavy atom. The molecule has 0 aliphatic carbocycles. The summed E-state index contributed by atoms with van der Waals surface area (Å²) in [5, 5.41) is 23.1. The zero-order chi connectivity index (χ0) is 30.0. The number of carbonyl (C=O) groups is 3. The van der Waals surface area contributed by atoms with Crippen molar-refractivity contribution in [1.29, 1.82) is 0 Å². The first-order valence-electron chi connectivity index (χ1n) is 13.4. The molecule has 2 aromatic rings. The number of rotatable bonds is 12. The second kappa shape index (κ2) is 14.3. The first-order valence-corrected chi connectivity index (χ1v) is 13.4. The Morgan fingerprint density at radius 2 is 1.76 bits per heavy atom. The third-order valence-electron chi connectivity index (χ3n) is 7.16. The van der Waals surface area contributed by atoms with Crippen LogP contribution in [0.3, 0.4) is 0 Å². The highest BCUT2D eigenvalue weighted by atomic mass is 16.7. The van der Waals surface area contributed by atoms with E-state index in [4.69, 9.17) is 18.9 Å². The molecule has 41 heavy (non-hydrogen) atoms. The quantitative estimate of drug-likeness (QED) is 0.223. The molecule has 220 valence electrons. The number of aldehydes is 1. The number of benzene rings is 2. The summed E-state index contributed by atoms with van der Waals surface area (Å²) in [5.41, 5.74) is 0.113. The lowest BCUT2D eigenvalue weighted by Crippen LogP contribution is -2.62. The van der Waals surface area contributed by atoms with E-state index in [-0.39, 0.29) is 24.0 Å². The first-order chi connectivity index (χ1) is 19.5. The fraction of sp³-hybridized carbons (Fsp3) is 0.406. The van der Waals surface area contributed by atoms with Crippen LogP contribution in [0.1, 0.15) is 49.5 Å². The summed E-state index contributed by atoms with van der Waals surface area (Å²) in [6, 6.07) is 17.7. The van der Waals surface area contributed by atoms with Gasteiger partial charge in [0.15, 0.2) is 6.10 Å². The number of methoxy groups -OCH3 is 1. The number of hydrogen-bond donors (Lipinski definition) is 2. The lowest BCUT2D eigenvalue weighted by Gasteiger charge is -2.50. The van der Waals surface area contributed by atoms with Crippen molar-refractivity contribution in [3.05, 3.63) is 95.6 Å². The van der Waals surface area contributed by atoms with Crippen LogP contribution in [0.2, 0.25) is 0 Å². The van der Waals surface area contributed by atoms with Crippen LogP contribution in [0.5, 0.6) is 0 Å². The predicted octanol–water partition coefficient (Wildman–Crippen LogP) is 3.93. The van der Waals surface area contributed by atoms with Crippen molar-refractivity contribution in [1.82, 2.24) is 0 Å². The van der Waals surface area contributed by atoms with Gasteiger partial charge in [-0.2, -0.15) is 0 Å². The summed E-state index contributed by atoms with van der Waals surface area (Å²) in [7, 11) is 1.21. The number of esters is 2. The molecule has 1 aliphatic rings. The van der Waals surface area contributed by atoms with Crippen molar-refractivity contribution in [2.75, 3.05) is 7.11 Å². The summed E-state index contributed by atoms with van der Waals surface area (Å²) in [6.45, 7) is 5.24. The second-order valence-corrected chi connectivity index (χ2v) is 10.6. The average Bonchev–Trinajstić information content (AvgIpc) is 2.97. The van der Waals surface area contributed by atoms with Gasteiger partial charge in [-0.3, -0.25) is 4.79 Å². The van der Waals surface area contributed by atoms with Crippen LogP contribution in [0.15, 0.2) is 84.5 Å². The molecule has 0 unspecified atom stereocenters. The topological polar surface area (TPSA) is 129 Å². The van der Waals surface area contributed by atoms with Crippen LogP contribution in [-0.4, -0.2) is 65.8 Å². The molecular formula is C32H38O9. The molecule has 0 saturated carbocycles. The Labute approximate surface area is 240 Å². The minimum absolute atomic E-state index is 0.0314. The third-order valence-corrected chi connectivity index (χ3v) is 7.16. The van der Waals surface area contributed by atoms with Gasteiger partial charge in [-0.15, -0.1) is 0 Å². The molecule has 0 radical (unpaired) electrons. The molecule has 9 nitrogen and oxygen atoms in total. The van der Waals surface area contributed by atoms with E-state index < -0.39 is 47.6 Å². The van der Waals surface area contributed by atoms with Crippen LogP contribution in [0.4, 0.5) is 0 Å². The van der Waals surface area contributed by atoms with E-state index >= 15 is 0 Å². The zero-order valence-corrected chi connectivity index (χ0v) is 23.8. The monoisotopic (exact) mass is 566 g/mol. The Balaban J connectivity index is 1.92. The molecule has 1 heterocycles. The van der Waals surface area contributed by atoms with E-state index in [0.29, 0.717) is 12.9 Å². The second-order valence-electron chi connectivity index (χ2n) is 10.6. The van der Waals surface area contributed by atoms with Crippen molar-refractivity contribution >= 4 is 18.2 Å². The van der Waals surface area contributed by atoms with Gasteiger partial charge in [0.2, 0.25) is 5.79 Å².